The summed E-state index contributed by atoms with van der Waals surface area (Å²) < 4.78 is 5.35. The van der Waals surface area contributed by atoms with Crippen molar-refractivity contribution in [2.24, 2.45) is 0 Å². The number of carbonyl (C=O) groups excluding carboxylic acids is 2. The number of carbonyl (C=O) groups is 2. The summed E-state index contributed by atoms with van der Waals surface area (Å²) in [7, 11) is 0. The van der Waals surface area contributed by atoms with Gasteiger partial charge < -0.3 is 19.8 Å². The van der Waals surface area contributed by atoms with Crippen LogP contribution in [0, 0.1) is 17.0 Å². The lowest BCUT2D eigenvalue weighted by Crippen LogP contribution is -2.42. The molecular weight excluding hydrogens is 442 g/mol. The summed E-state index contributed by atoms with van der Waals surface area (Å²) in [5.74, 6) is -2.36. The Bertz CT molecular complexity index is 1150. The number of hydrogen-bond donors (Lipinski definition) is 2. The van der Waals surface area contributed by atoms with E-state index in [1.165, 1.54) is 41.3 Å². The number of amides is 1. The van der Waals surface area contributed by atoms with Gasteiger partial charge in [-0.2, -0.15) is 0 Å². The zero-order valence-corrected chi connectivity index (χ0v) is 18.6. The number of rotatable bonds is 6. The van der Waals surface area contributed by atoms with E-state index >= 15 is 0 Å². The zero-order valence-electron chi connectivity index (χ0n) is 18.6. The molecule has 2 aromatic rings. The number of aliphatic hydroxyl groups is 1. The van der Waals surface area contributed by atoms with Crippen LogP contribution in [0.4, 0.5) is 5.69 Å². The van der Waals surface area contributed by atoms with Crippen LogP contribution in [0.3, 0.4) is 0 Å². The third-order valence-corrected chi connectivity index (χ3v) is 6.13. The van der Waals surface area contributed by atoms with Gasteiger partial charge in [-0.15, -0.1) is 0 Å². The van der Waals surface area contributed by atoms with E-state index in [9.17, 15) is 29.9 Å². The minimum Gasteiger partial charge on any atom is -0.507 e. The number of likely N-dealkylation sites (tertiary alicyclic amines) is 1. The number of ether oxygens (including phenoxy) is 1. The monoisotopic (exact) mass is 467 g/mol. The highest BCUT2D eigenvalue weighted by Gasteiger charge is 2.46. The number of nitro benzene ring substituents is 1. The van der Waals surface area contributed by atoms with Crippen molar-refractivity contribution in [3.8, 4) is 5.75 Å². The minimum atomic E-state index is -0.957. The largest absolute Gasteiger partial charge is 0.507 e. The maximum Gasteiger partial charge on any atom is 0.295 e. The Morgan fingerprint density at radius 1 is 1.12 bits per heavy atom. The molecule has 0 saturated carbocycles. The fraction of sp³-hybridized carbons (Fsp3) is 0.333. The molecule has 0 bridgehead atoms. The van der Waals surface area contributed by atoms with Crippen molar-refractivity contribution in [2.45, 2.75) is 13.0 Å². The number of Topliss-reactive ketones (excluding diaryl/α,β-unsaturated/α-hetero) is 1. The Morgan fingerprint density at radius 3 is 2.44 bits per heavy atom. The molecule has 0 radical (unpaired) electrons. The molecule has 2 fully saturated rings. The van der Waals surface area contributed by atoms with Crippen LogP contribution in [0.2, 0.25) is 0 Å². The van der Waals surface area contributed by atoms with Crippen LogP contribution < -0.4 is 0 Å². The predicted molar refractivity (Wildman–Crippen MR) is 122 cm³/mol. The first-order valence-electron chi connectivity index (χ1n) is 10.9. The van der Waals surface area contributed by atoms with E-state index in [1.807, 2.05) is 0 Å². The van der Waals surface area contributed by atoms with Gasteiger partial charge >= 0.3 is 0 Å². The summed E-state index contributed by atoms with van der Waals surface area (Å²) in [6, 6.07) is 9.16. The molecule has 34 heavy (non-hydrogen) atoms. The van der Waals surface area contributed by atoms with Crippen LogP contribution in [-0.4, -0.2) is 76.0 Å². The topological polar surface area (TPSA) is 133 Å². The summed E-state index contributed by atoms with van der Waals surface area (Å²) >= 11 is 0. The molecular formula is C24H25N3O7. The molecule has 2 aliphatic heterocycles. The number of phenolic OH excluding ortho intramolecular Hbond substituents is 1. The highest BCUT2D eigenvalue weighted by atomic mass is 16.6. The van der Waals surface area contributed by atoms with E-state index < -0.39 is 28.4 Å². The number of aliphatic hydroxyl groups excluding tert-OH is 1. The molecule has 2 heterocycles. The second kappa shape index (κ2) is 9.62. The van der Waals surface area contributed by atoms with Gasteiger partial charge in [-0.05, 0) is 36.8 Å². The Morgan fingerprint density at radius 2 is 1.79 bits per heavy atom. The van der Waals surface area contributed by atoms with Crippen LogP contribution in [0.15, 0.2) is 48.0 Å². The number of benzene rings is 2. The standard InChI is InChI=1S/C24H25N3O7/c1-15-2-7-19(28)18(14-15)22(29)20-21(16-3-5-17(6-4-16)27(32)33)26(24(31)23(20)30)9-8-25-10-12-34-13-11-25/h2-7,14,21,28-29H,8-13H2,1H3. The van der Waals surface area contributed by atoms with E-state index in [0.29, 0.717) is 38.4 Å². The molecule has 10 heteroatoms. The first-order chi connectivity index (χ1) is 16.3. The highest BCUT2D eigenvalue weighted by molar-refractivity contribution is 6.46. The second-order valence-corrected chi connectivity index (χ2v) is 8.32. The van der Waals surface area contributed by atoms with Gasteiger partial charge in [-0.1, -0.05) is 11.6 Å². The minimum absolute atomic E-state index is 0.0399. The highest BCUT2D eigenvalue weighted by Crippen LogP contribution is 2.41. The van der Waals surface area contributed by atoms with E-state index in [1.54, 1.807) is 13.0 Å². The number of nitro groups is 1. The van der Waals surface area contributed by atoms with Gasteiger partial charge in [0, 0.05) is 38.3 Å². The average molecular weight is 467 g/mol. The molecule has 0 aromatic heterocycles. The lowest BCUT2D eigenvalue weighted by Gasteiger charge is -2.31. The van der Waals surface area contributed by atoms with Crippen molar-refractivity contribution in [1.82, 2.24) is 9.80 Å². The molecule has 4 rings (SSSR count). The van der Waals surface area contributed by atoms with Crippen LogP contribution in [0.1, 0.15) is 22.7 Å². The molecule has 0 spiro atoms. The van der Waals surface area contributed by atoms with Gasteiger partial charge in [0.2, 0.25) is 0 Å². The molecule has 2 aromatic carbocycles. The smallest absolute Gasteiger partial charge is 0.295 e. The van der Waals surface area contributed by atoms with E-state index in [4.69, 9.17) is 4.74 Å². The van der Waals surface area contributed by atoms with E-state index in [0.717, 1.165) is 5.56 Å². The van der Waals surface area contributed by atoms with Crippen molar-refractivity contribution >= 4 is 23.1 Å². The molecule has 2 N–H and O–H groups in total. The number of morpholine rings is 1. The predicted octanol–water partition coefficient (Wildman–Crippen LogP) is 2.36. The van der Waals surface area contributed by atoms with Gasteiger partial charge in [0.05, 0.1) is 35.3 Å². The number of hydrogen-bond acceptors (Lipinski definition) is 8. The Balaban J connectivity index is 1.78. The quantitative estimate of drug-likeness (QED) is 0.217. The lowest BCUT2D eigenvalue weighted by atomic mass is 9.94. The zero-order chi connectivity index (χ0) is 24.4. The molecule has 1 atom stereocenters. The van der Waals surface area contributed by atoms with E-state index in [-0.39, 0.29) is 29.1 Å². The summed E-state index contributed by atoms with van der Waals surface area (Å²) in [6.45, 7) is 5.03. The maximum absolute atomic E-state index is 13.1. The van der Waals surface area contributed by atoms with Crippen molar-refractivity contribution in [1.29, 1.82) is 0 Å². The first-order valence-corrected chi connectivity index (χ1v) is 10.9. The van der Waals surface area contributed by atoms with Gasteiger partial charge in [-0.3, -0.25) is 24.6 Å². The SMILES string of the molecule is Cc1ccc(O)c(C(O)=C2C(=O)C(=O)N(CCN3CCOCC3)C2c2ccc([N+](=O)[O-])cc2)c1. The van der Waals surface area contributed by atoms with Crippen molar-refractivity contribution in [2.75, 3.05) is 39.4 Å². The van der Waals surface area contributed by atoms with Crippen molar-refractivity contribution in [3.05, 3.63) is 74.8 Å². The Hall–Kier alpha value is -3.76. The lowest BCUT2D eigenvalue weighted by molar-refractivity contribution is -0.384. The fourth-order valence-electron chi connectivity index (χ4n) is 4.29. The molecule has 0 aliphatic carbocycles. The summed E-state index contributed by atoms with van der Waals surface area (Å²) in [5, 5.41) is 32.5. The van der Waals surface area contributed by atoms with Gasteiger partial charge in [-0.25, -0.2) is 0 Å². The van der Waals surface area contributed by atoms with Crippen molar-refractivity contribution < 1.29 is 29.5 Å². The number of non-ortho nitro benzene ring substituents is 1. The number of aryl methyl sites for hydroxylation is 1. The summed E-state index contributed by atoms with van der Waals surface area (Å²) in [6.07, 6.45) is 0. The maximum atomic E-state index is 13.1. The first kappa shape index (κ1) is 23.4. The second-order valence-electron chi connectivity index (χ2n) is 8.32. The molecule has 2 saturated heterocycles. The molecule has 10 nitrogen and oxygen atoms in total. The summed E-state index contributed by atoms with van der Waals surface area (Å²) in [4.78, 5) is 40.2. The Kier molecular flexibility index (Phi) is 6.62. The van der Waals surface area contributed by atoms with E-state index in [2.05, 4.69) is 4.90 Å². The molecule has 1 amide bonds. The van der Waals surface area contributed by atoms with Gasteiger partial charge in [0.1, 0.15) is 11.5 Å². The number of phenols is 1. The van der Waals surface area contributed by atoms with Gasteiger partial charge in [0.25, 0.3) is 17.4 Å². The third-order valence-electron chi connectivity index (χ3n) is 6.13. The van der Waals surface area contributed by atoms with Gasteiger partial charge in [0.15, 0.2) is 0 Å². The molecule has 178 valence electrons. The number of aromatic hydroxyl groups is 1. The van der Waals surface area contributed by atoms with Crippen molar-refractivity contribution in [3.63, 3.8) is 0 Å². The van der Waals surface area contributed by atoms with Crippen LogP contribution >= 0.6 is 0 Å². The fourth-order valence-corrected chi connectivity index (χ4v) is 4.29. The van der Waals surface area contributed by atoms with Crippen LogP contribution in [-0.2, 0) is 14.3 Å². The average Bonchev–Trinajstić information content (AvgIpc) is 3.09. The number of ketones is 1. The van der Waals surface area contributed by atoms with Crippen LogP contribution in [0.5, 0.6) is 5.75 Å². The molecule has 1 unspecified atom stereocenters. The molecule has 2 aliphatic rings. The third kappa shape index (κ3) is 4.50. The summed E-state index contributed by atoms with van der Waals surface area (Å²) in [5.41, 5.74) is 0.929. The normalized spacial score (nSPS) is 20.6. The Labute approximate surface area is 195 Å². The van der Waals surface area contributed by atoms with Crippen LogP contribution in [0.25, 0.3) is 5.76 Å². The number of nitrogens with zero attached hydrogens (tertiary/aromatic N) is 3.